The molecule has 0 unspecified atom stereocenters. The van der Waals surface area contributed by atoms with Crippen molar-refractivity contribution < 1.29 is 22.7 Å². The van der Waals surface area contributed by atoms with Gasteiger partial charge >= 0.3 is 6.09 Å². The van der Waals surface area contributed by atoms with Gasteiger partial charge in [-0.05, 0) is 39.0 Å². The monoisotopic (exact) mass is 469 g/mol. The van der Waals surface area contributed by atoms with E-state index < -0.39 is 27.3 Å². The summed E-state index contributed by atoms with van der Waals surface area (Å²) in [6, 6.07) is 9.74. The van der Waals surface area contributed by atoms with Crippen LogP contribution < -0.4 is 10.6 Å². The van der Waals surface area contributed by atoms with Gasteiger partial charge in [-0.15, -0.1) is 0 Å². The van der Waals surface area contributed by atoms with Crippen LogP contribution in [0.2, 0.25) is 0 Å². The minimum absolute atomic E-state index is 0.125. The molecule has 2 amide bonds. The molecule has 0 aliphatic carbocycles. The highest BCUT2D eigenvalue weighted by Gasteiger charge is 2.54. The molecule has 1 spiro atoms. The maximum Gasteiger partial charge on any atom is 0.410 e. The molecule has 1 fully saturated rings. The van der Waals surface area contributed by atoms with Gasteiger partial charge in [-0.1, -0.05) is 18.2 Å². The zero-order chi connectivity index (χ0) is 23.6. The van der Waals surface area contributed by atoms with Gasteiger partial charge in [-0.3, -0.25) is 4.79 Å². The van der Waals surface area contributed by atoms with E-state index in [9.17, 15) is 18.0 Å². The molecule has 0 atom stereocenters. The molecule has 0 saturated carbocycles. The number of aromatic nitrogens is 2. The van der Waals surface area contributed by atoms with Crippen LogP contribution in [0.3, 0.4) is 0 Å². The third-order valence-electron chi connectivity index (χ3n) is 5.60. The van der Waals surface area contributed by atoms with Gasteiger partial charge < -0.3 is 20.3 Å². The number of hydrogen-bond acceptors (Lipinski definition) is 7. The third kappa shape index (κ3) is 3.39. The maximum absolute atomic E-state index is 13.1. The Hall–Kier alpha value is -3.60. The van der Waals surface area contributed by atoms with Crippen molar-refractivity contribution in [1.29, 1.82) is 0 Å². The summed E-state index contributed by atoms with van der Waals surface area (Å²) in [5.74, 6) is -0.285. The van der Waals surface area contributed by atoms with Gasteiger partial charge in [0.1, 0.15) is 5.60 Å². The van der Waals surface area contributed by atoms with E-state index in [0.717, 1.165) is 3.97 Å². The Kier molecular flexibility index (Phi) is 4.47. The lowest BCUT2D eigenvalue weighted by Gasteiger charge is -2.51. The minimum Gasteiger partial charge on any atom is -0.444 e. The molecular formula is C22H23N5O5S. The maximum atomic E-state index is 13.1. The van der Waals surface area contributed by atoms with Crippen LogP contribution in [0.15, 0.2) is 53.7 Å². The summed E-state index contributed by atoms with van der Waals surface area (Å²) < 4.78 is 32.8. The highest BCUT2D eigenvalue weighted by atomic mass is 32.2. The second-order valence-corrected chi connectivity index (χ2v) is 11.0. The summed E-state index contributed by atoms with van der Waals surface area (Å²) in [6.07, 6.45) is 2.38. The number of rotatable bonds is 2. The fraction of sp³-hybridized carbons (Fsp3) is 0.318. The summed E-state index contributed by atoms with van der Waals surface area (Å²) in [4.78, 5) is 31.1. The van der Waals surface area contributed by atoms with Crippen LogP contribution in [-0.2, 0) is 19.6 Å². The molecular weight excluding hydrogens is 446 g/mol. The number of fused-ring (bicyclic) bond motifs is 3. The first-order chi connectivity index (χ1) is 15.5. The molecule has 33 heavy (non-hydrogen) atoms. The number of likely N-dealkylation sites (tertiary alicyclic amines) is 1. The molecule has 2 aliphatic heterocycles. The minimum atomic E-state index is -3.85. The standard InChI is InChI=1S/C22H23N5O5S/c1-21(2,3)32-20(29)26-12-22(13-26)19(28)24-16-11-23-18-15(17(16)25-22)9-10-27(18)33(30,31)14-7-5-4-6-8-14/h4-11,25H,12-13H2,1-3H3,(H,24,28). The van der Waals surface area contributed by atoms with Gasteiger partial charge in [-0.25, -0.2) is 22.2 Å². The fourth-order valence-corrected chi connectivity index (χ4v) is 5.34. The number of pyridine rings is 1. The van der Waals surface area contributed by atoms with Crippen LogP contribution in [0, 0.1) is 0 Å². The quantitative estimate of drug-likeness (QED) is 0.591. The average Bonchev–Trinajstić information content (AvgIpc) is 3.16. The van der Waals surface area contributed by atoms with Crippen molar-refractivity contribution in [1.82, 2.24) is 13.9 Å². The van der Waals surface area contributed by atoms with E-state index >= 15 is 0 Å². The first-order valence-corrected chi connectivity index (χ1v) is 11.8. The summed E-state index contributed by atoms with van der Waals surface area (Å²) in [5.41, 5.74) is -0.424. The number of ether oxygens (including phenoxy) is 1. The average molecular weight is 470 g/mol. The van der Waals surface area contributed by atoms with Crippen molar-refractivity contribution in [2.45, 2.75) is 36.8 Å². The number of anilines is 2. The SMILES string of the molecule is CC(C)(C)OC(=O)N1CC2(C1)Nc1c(cnc3c1ccn3S(=O)(=O)c1ccccc1)NC2=O. The summed E-state index contributed by atoms with van der Waals surface area (Å²) in [6.45, 7) is 5.58. The van der Waals surface area contributed by atoms with Gasteiger partial charge in [0.15, 0.2) is 11.2 Å². The Bertz CT molecular complexity index is 1390. The molecule has 5 rings (SSSR count). The second-order valence-electron chi connectivity index (χ2n) is 9.21. The van der Waals surface area contributed by atoms with Gasteiger partial charge in [0.2, 0.25) is 0 Å². The first kappa shape index (κ1) is 21.3. The normalized spacial score (nSPS) is 17.2. The van der Waals surface area contributed by atoms with Crippen LogP contribution in [0.25, 0.3) is 11.0 Å². The molecule has 2 N–H and O–H groups in total. The van der Waals surface area contributed by atoms with Crippen molar-refractivity contribution in [3.63, 3.8) is 0 Å². The number of nitrogens with zero attached hydrogens (tertiary/aromatic N) is 3. The van der Waals surface area contributed by atoms with Crippen LogP contribution in [0.1, 0.15) is 20.8 Å². The summed E-state index contributed by atoms with van der Waals surface area (Å²) in [5, 5.41) is 6.62. The van der Waals surface area contributed by atoms with Gasteiger partial charge in [-0.2, -0.15) is 0 Å². The van der Waals surface area contributed by atoms with E-state index in [4.69, 9.17) is 4.74 Å². The van der Waals surface area contributed by atoms with E-state index in [1.807, 2.05) is 0 Å². The van der Waals surface area contributed by atoms with Crippen molar-refractivity contribution in [2.24, 2.45) is 0 Å². The topological polar surface area (TPSA) is 123 Å². The molecule has 11 heteroatoms. The number of carbonyl (C=O) groups excluding carboxylic acids is 2. The molecule has 10 nitrogen and oxygen atoms in total. The largest absolute Gasteiger partial charge is 0.444 e. The Morgan fingerprint density at radius 2 is 1.85 bits per heavy atom. The Morgan fingerprint density at radius 1 is 1.15 bits per heavy atom. The molecule has 1 aromatic carbocycles. The number of benzene rings is 1. The molecule has 0 bridgehead atoms. The lowest BCUT2D eigenvalue weighted by molar-refractivity contribution is -0.125. The van der Waals surface area contributed by atoms with Crippen LogP contribution in [0.4, 0.5) is 16.2 Å². The molecule has 4 heterocycles. The molecule has 0 radical (unpaired) electrons. The second kappa shape index (κ2) is 6.95. The van der Waals surface area contributed by atoms with E-state index in [0.29, 0.717) is 16.8 Å². The molecule has 1 saturated heterocycles. The fourth-order valence-electron chi connectivity index (χ4n) is 4.01. The number of carbonyl (C=O) groups is 2. The molecule has 2 aliphatic rings. The smallest absolute Gasteiger partial charge is 0.410 e. The zero-order valence-corrected chi connectivity index (χ0v) is 19.1. The highest BCUT2D eigenvalue weighted by molar-refractivity contribution is 7.90. The van der Waals surface area contributed by atoms with Crippen molar-refractivity contribution >= 4 is 44.4 Å². The van der Waals surface area contributed by atoms with Crippen molar-refractivity contribution in [3.8, 4) is 0 Å². The van der Waals surface area contributed by atoms with E-state index in [1.54, 1.807) is 45.0 Å². The summed E-state index contributed by atoms with van der Waals surface area (Å²) in [7, 11) is -3.85. The van der Waals surface area contributed by atoms with Crippen molar-refractivity contribution in [3.05, 3.63) is 48.8 Å². The Morgan fingerprint density at radius 3 is 2.52 bits per heavy atom. The van der Waals surface area contributed by atoms with Crippen LogP contribution >= 0.6 is 0 Å². The van der Waals surface area contributed by atoms with E-state index in [-0.39, 0.29) is 29.5 Å². The number of hydrogen-bond donors (Lipinski definition) is 2. The Balaban J connectivity index is 1.48. The summed E-state index contributed by atoms with van der Waals surface area (Å²) >= 11 is 0. The predicted octanol–water partition coefficient (Wildman–Crippen LogP) is 2.63. The van der Waals surface area contributed by atoms with Crippen LogP contribution in [-0.4, -0.2) is 58.5 Å². The molecule has 2 aromatic heterocycles. The lowest BCUT2D eigenvalue weighted by atomic mass is 9.86. The lowest BCUT2D eigenvalue weighted by Crippen LogP contribution is -2.73. The van der Waals surface area contributed by atoms with Crippen molar-refractivity contribution in [2.75, 3.05) is 23.7 Å². The molecule has 172 valence electrons. The zero-order valence-electron chi connectivity index (χ0n) is 18.3. The predicted molar refractivity (Wildman–Crippen MR) is 122 cm³/mol. The van der Waals surface area contributed by atoms with Crippen LogP contribution in [0.5, 0.6) is 0 Å². The van der Waals surface area contributed by atoms with Gasteiger partial charge in [0.05, 0.1) is 35.6 Å². The highest BCUT2D eigenvalue weighted by Crippen LogP contribution is 2.40. The van der Waals surface area contributed by atoms with E-state index in [2.05, 4.69) is 15.6 Å². The number of amides is 2. The van der Waals surface area contributed by atoms with Gasteiger partial charge in [0, 0.05) is 11.6 Å². The Labute approximate surface area is 190 Å². The third-order valence-corrected chi connectivity index (χ3v) is 7.28. The number of nitrogens with one attached hydrogen (secondary N) is 2. The first-order valence-electron chi connectivity index (χ1n) is 10.4. The van der Waals surface area contributed by atoms with E-state index in [1.165, 1.54) is 29.4 Å². The molecule has 3 aromatic rings. The van der Waals surface area contributed by atoms with Gasteiger partial charge in [0.25, 0.3) is 15.9 Å².